The maximum absolute atomic E-state index is 10.4. The van der Waals surface area contributed by atoms with Crippen molar-refractivity contribution in [3.05, 3.63) is 35.4 Å². The maximum Gasteiger partial charge on any atom is 0.332 e. The molecule has 0 heterocycles. The highest BCUT2D eigenvalue weighted by molar-refractivity contribution is 5.72. The van der Waals surface area contributed by atoms with Gasteiger partial charge in [-0.2, -0.15) is 0 Å². The van der Waals surface area contributed by atoms with Crippen molar-refractivity contribution in [2.24, 2.45) is 0 Å². The molecule has 0 aromatic heterocycles. The number of aryl methyl sites for hydroxylation is 1. The molecule has 0 fully saturated rings. The minimum atomic E-state index is -1.30. The fourth-order valence-electron chi connectivity index (χ4n) is 1.22. The predicted octanol–water partition coefficient (Wildman–Crippen LogP) is 1.24. The average molecular weight is 194 g/mol. The van der Waals surface area contributed by atoms with E-state index in [1.807, 2.05) is 24.3 Å². The zero-order valence-corrected chi connectivity index (χ0v) is 8.10. The van der Waals surface area contributed by atoms with Crippen LogP contribution in [0, 0.1) is 0 Å². The third-order valence-corrected chi connectivity index (χ3v) is 2.15. The number of benzene rings is 1. The Kier molecular flexibility index (Phi) is 3.65. The van der Waals surface area contributed by atoms with Gasteiger partial charge in [-0.1, -0.05) is 31.2 Å². The molecule has 0 aliphatic heterocycles. The molecule has 3 heteroatoms. The number of aliphatic hydroxyl groups is 1. The van der Waals surface area contributed by atoms with Gasteiger partial charge in [0.1, 0.15) is 0 Å². The molecule has 0 radical (unpaired) electrons. The Morgan fingerprint density at radius 2 is 1.79 bits per heavy atom. The number of aliphatic carboxylic acids is 1. The van der Waals surface area contributed by atoms with E-state index >= 15 is 0 Å². The molecule has 0 saturated carbocycles. The summed E-state index contributed by atoms with van der Waals surface area (Å²) in [5.74, 6) is -1.18. The van der Waals surface area contributed by atoms with Crippen LogP contribution in [-0.2, 0) is 17.6 Å². The summed E-state index contributed by atoms with van der Waals surface area (Å²) in [6.07, 6.45) is -0.177. The second kappa shape index (κ2) is 4.77. The molecule has 1 aromatic carbocycles. The van der Waals surface area contributed by atoms with E-state index in [0.29, 0.717) is 0 Å². The third kappa shape index (κ3) is 2.85. The Labute approximate surface area is 83.0 Å². The fourth-order valence-corrected chi connectivity index (χ4v) is 1.22. The van der Waals surface area contributed by atoms with Crippen molar-refractivity contribution >= 4 is 5.97 Å². The molecular weight excluding hydrogens is 180 g/mol. The molecule has 2 N–H and O–H groups in total. The highest BCUT2D eigenvalue weighted by Gasteiger charge is 2.13. The van der Waals surface area contributed by atoms with Crippen LogP contribution in [0.5, 0.6) is 0 Å². The lowest BCUT2D eigenvalue weighted by Gasteiger charge is -2.05. The summed E-state index contributed by atoms with van der Waals surface area (Å²) in [5, 5.41) is 17.6. The molecule has 0 amide bonds. The SMILES string of the molecule is CCc1ccc(C[C@H](O)C(=O)O)cc1. The van der Waals surface area contributed by atoms with Gasteiger partial charge >= 0.3 is 5.97 Å². The van der Waals surface area contributed by atoms with Gasteiger partial charge in [-0.05, 0) is 17.5 Å². The van der Waals surface area contributed by atoms with E-state index in [1.54, 1.807) is 0 Å². The normalized spacial score (nSPS) is 12.4. The molecule has 1 aromatic rings. The van der Waals surface area contributed by atoms with Crippen molar-refractivity contribution in [2.45, 2.75) is 25.9 Å². The van der Waals surface area contributed by atoms with Gasteiger partial charge < -0.3 is 10.2 Å². The first-order valence-electron chi connectivity index (χ1n) is 4.62. The Morgan fingerprint density at radius 3 is 2.21 bits per heavy atom. The van der Waals surface area contributed by atoms with Crippen LogP contribution in [-0.4, -0.2) is 22.3 Å². The smallest absolute Gasteiger partial charge is 0.332 e. The molecule has 76 valence electrons. The number of hydrogen-bond donors (Lipinski definition) is 2. The van der Waals surface area contributed by atoms with Crippen LogP contribution in [0.2, 0.25) is 0 Å². The summed E-state index contributed by atoms with van der Waals surface area (Å²) >= 11 is 0. The lowest BCUT2D eigenvalue weighted by molar-refractivity contribution is -0.146. The maximum atomic E-state index is 10.4. The van der Waals surface area contributed by atoms with Gasteiger partial charge in [0.15, 0.2) is 6.10 Å². The molecule has 0 spiro atoms. The van der Waals surface area contributed by atoms with Gasteiger partial charge in [-0.15, -0.1) is 0 Å². The van der Waals surface area contributed by atoms with Crippen molar-refractivity contribution in [1.82, 2.24) is 0 Å². The minimum absolute atomic E-state index is 0.166. The monoisotopic (exact) mass is 194 g/mol. The Bertz CT molecular complexity index is 303. The summed E-state index contributed by atoms with van der Waals surface area (Å²) < 4.78 is 0. The third-order valence-electron chi connectivity index (χ3n) is 2.15. The van der Waals surface area contributed by atoms with E-state index in [-0.39, 0.29) is 6.42 Å². The van der Waals surface area contributed by atoms with Crippen molar-refractivity contribution in [3.63, 3.8) is 0 Å². The lowest BCUT2D eigenvalue weighted by atomic mass is 10.1. The summed E-state index contributed by atoms with van der Waals surface area (Å²) in [7, 11) is 0. The molecule has 1 atom stereocenters. The number of carboxylic acid groups (broad SMARTS) is 1. The average Bonchev–Trinajstić information content (AvgIpc) is 2.19. The fraction of sp³-hybridized carbons (Fsp3) is 0.364. The van der Waals surface area contributed by atoms with Crippen molar-refractivity contribution in [3.8, 4) is 0 Å². The van der Waals surface area contributed by atoms with Crippen LogP contribution in [0.3, 0.4) is 0 Å². The first-order valence-corrected chi connectivity index (χ1v) is 4.62. The Morgan fingerprint density at radius 1 is 1.29 bits per heavy atom. The van der Waals surface area contributed by atoms with E-state index in [0.717, 1.165) is 12.0 Å². The second-order valence-corrected chi connectivity index (χ2v) is 3.23. The molecule has 3 nitrogen and oxygen atoms in total. The number of carbonyl (C=O) groups is 1. The van der Waals surface area contributed by atoms with Gasteiger partial charge in [0, 0.05) is 6.42 Å². The zero-order valence-electron chi connectivity index (χ0n) is 8.10. The van der Waals surface area contributed by atoms with Crippen LogP contribution >= 0.6 is 0 Å². The molecule has 0 saturated heterocycles. The predicted molar refractivity (Wildman–Crippen MR) is 53.2 cm³/mol. The van der Waals surface area contributed by atoms with Gasteiger partial charge in [-0.25, -0.2) is 4.79 Å². The number of rotatable bonds is 4. The summed E-state index contributed by atoms with van der Waals surface area (Å²) in [6, 6.07) is 7.60. The first kappa shape index (κ1) is 10.7. The summed E-state index contributed by atoms with van der Waals surface area (Å²) in [4.78, 5) is 10.4. The highest BCUT2D eigenvalue weighted by atomic mass is 16.4. The van der Waals surface area contributed by atoms with Crippen molar-refractivity contribution in [1.29, 1.82) is 0 Å². The van der Waals surface area contributed by atoms with Crippen LogP contribution in [0.4, 0.5) is 0 Å². The zero-order chi connectivity index (χ0) is 10.6. The molecule has 14 heavy (non-hydrogen) atoms. The quantitative estimate of drug-likeness (QED) is 0.758. The first-order chi connectivity index (χ1) is 6.63. The van der Waals surface area contributed by atoms with E-state index < -0.39 is 12.1 Å². The topological polar surface area (TPSA) is 57.5 Å². The molecule has 0 aliphatic carbocycles. The van der Waals surface area contributed by atoms with E-state index in [2.05, 4.69) is 6.92 Å². The van der Waals surface area contributed by atoms with Crippen LogP contribution in [0.25, 0.3) is 0 Å². The van der Waals surface area contributed by atoms with E-state index in [4.69, 9.17) is 10.2 Å². The van der Waals surface area contributed by atoms with Crippen LogP contribution in [0.1, 0.15) is 18.1 Å². The highest BCUT2D eigenvalue weighted by Crippen LogP contribution is 2.07. The lowest BCUT2D eigenvalue weighted by Crippen LogP contribution is -2.21. The van der Waals surface area contributed by atoms with Gasteiger partial charge in [-0.3, -0.25) is 0 Å². The van der Waals surface area contributed by atoms with Gasteiger partial charge in [0.2, 0.25) is 0 Å². The molecule has 0 aliphatic rings. The van der Waals surface area contributed by atoms with E-state index in [1.165, 1.54) is 5.56 Å². The standard InChI is InChI=1S/C11H14O3/c1-2-8-3-5-9(6-4-8)7-10(12)11(13)14/h3-6,10,12H,2,7H2,1H3,(H,13,14)/t10-/m0/s1. The van der Waals surface area contributed by atoms with Crippen LogP contribution in [0.15, 0.2) is 24.3 Å². The van der Waals surface area contributed by atoms with Crippen molar-refractivity contribution in [2.75, 3.05) is 0 Å². The number of carboxylic acids is 1. The van der Waals surface area contributed by atoms with Gasteiger partial charge in [0.25, 0.3) is 0 Å². The molecule has 0 bridgehead atoms. The second-order valence-electron chi connectivity index (χ2n) is 3.23. The number of aliphatic hydroxyl groups excluding tert-OH is 1. The number of hydrogen-bond acceptors (Lipinski definition) is 2. The largest absolute Gasteiger partial charge is 0.479 e. The van der Waals surface area contributed by atoms with Crippen LogP contribution < -0.4 is 0 Å². The van der Waals surface area contributed by atoms with Gasteiger partial charge in [0.05, 0.1) is 0 Å². The van der Waals surface area contributed by atoms with Crippen molar-refractivity contribution < 1.29 is 15.0 Å². The Hall–Kier alpha value is -1.35. The molecular formula is C11H14O3. The van der Waals surface area contributed by atoms with E-state index in [9.17, 15) is 4.79 Å². The summed E-state index contributed by atoms with van der Waals surface area (Å²) in [6.45, 7) is 2.06. The minimum Gasteiger partial charge on any atom is -0.479 e. The molecule has 0 unspecified atom stereocenters. The Balaban J connectivity index is 2.64. The summed E-state index contributed by atoms with van der Waals surface area (Å²) in [5.41, 5.74) is 2.05. The molecule has 1 rings (SSSR count).